The van der Waals surface area contributed by atoms with Crippen LogP contribution in [-0.2, 0) is 11.3 Å². The van der Waals surface area contributed by atoms with Crippen molar-refractivity contribution in [2.45, 2.75) is 12.7 Å². The molecular weight excluding hydrogens is 336 g/mol. The van der Waals surface area contributed by atoms with Crippen LogP contribution in [0.25, 0.3) is 0 Å². The fourth-order valence-corrected chi connectivity index (χ4v) is 3.20. The molecule has 0 aliphatic carbocycles. The van der Waals surface area contributed by atoms with Gasteiger partial charge in [0.05, 0.1) is 19.3 Å². The van der Waals surface area contributed by atoms with Crippen LogP contribution in [0.2, 0.25) is 5.02 Å². The normalized spacial score (nSPS) is 16.8. The highest BCUT2D eigenvalue weighted by Crippen LogP contribution is 2.19. The van der Waals surface area contributed by atoms with E-state index in [9.17, 15) is 5.11 Å². The summed E-state index contributed by atoms with van der Waals surface area (Å²) in [5.74, 6) is 0. The van der Waals surface area contributed by atoms with Gasteiger partial charge in [0.15, 0.2) is 0 Å². The van der Waals surface area contributed by atoms with Gasteiger partial charge < -0.3 is 14.7 Å². The van der Waals surface area contributed by atoms with Crippen molar-refractivity contribution in [3.05, 3.63) is 65.2 Å². The van der Waals surface area contributed by atoms with Crippen molar-refractivity contribution >= 4 is 17.3 Å². The van der Waals surface area contributed by atoms with E-state index >= 15 is 0 Å². The maximum absolute atomic E-state index is 10.2. The molecule has 1 unspecified atom stereocenters. The Morgan fingerprint density at radius 3 is 2.32 bits per heavy atom. The second-order valence-electron chi connectivity index (χ2n) is 6.42. The van der Waals surface area contributed by atoms with Gasteiger partial charge in [-0.2, -0.15) is 0 Å². The first-order chi connectivity index (χ1) is 12.2. The molecule has 2 aromatic carbocycles. The van der Waals surface area contributed by atoms with Crippen LogP contribution in [0.15, 0.2) is 54.6 Å². The molecule has 4 nitrogen and oxygen atoms in total. The van der Waals surface area contributed by atoms with Crippen molar-refractivity contribution in [2.75, 3.05) is 44.2 Å². The number of rotatable bonds is 7. The van der Waals surface area contributed by atoms with Crippen LogP contribution in [0.4, 0.5) is 5.69 Å². The summed E-state index contributed by atoms with van der Waals surface area (Å²) < 4.78 is 5.63. The zero-order valence-electron chi connectivity index (χ0n) is 14.4. The molecule has 1 aliphatic rings. The largest absolute Gasteiger partial charge is 0.389 e. The SMILES string of the molecule is OC(COCc1ccccc1)CN1CCN(c2ccc(Cl)cc2)CC1. The van der Waals surface area contributed by atoms with E-state index in [1.165, 1.54) is 5.69 Å². The molecule has 3 rings (SSSR count). The smallest absolute Gasteiger partial charge is 0.0900 e. The minimum atomic E-state index is -0.453. The third-order valence-corrected chi connectivity index (χ3v) is 4.71. The zero-order chi connectivity index (χ0) is 17.5. The number of aliphatic hydroxyl groups excluding tert-OH is 1. The molecule has 1 aliphatic heterocycles. The van der Waals surface area contributed by atoms with E-state index in [0.717, 1.165) is 36.8 Å². The average Bonchev–Trinajstić information content (AvgIpc) is 2.64. The lowest BCUT2D eigenvalue weighted by atomic mass is 10.2. The van der Waals surface area contributed by atoms with E-state index in [-0.39, 0.29) is 0 Å². The van der Waals surface area contributed by atoms with E-state index in [1.54, 1.807) is 0 Å². The van der Waals surface area contributed by atoms with Gasteiger partial charge in [-0.05, 0) is 29.8 Å². The van der Waals surface area contributed by atoms with Gasteiger partial charge in [-0.25, -0.2) is 0 Å². The van der Waals surface area contributed by atoms with Gasteiger partial charge >= 0.3 is 0 Å². The van der Waals surface area contributed by atoms with Gasteiger partial charge in [0, 0.05) is 43.4 Å². The van der Waals surface area contributed by atoms with Crippen molar-refractivity contribution in [3.63, 3.8) is 0 Å². The molecule has 0 saturated carbocycles. The molecule has 1 atom stereocenters. The molecule has 2 aromatic rings. The van der Waals surface area contributed by atoms with E-state index in [4.69, 9.17) is 16.3 Å². The summed E-state index contributed by atoms with van der Waals surface area (Å²) in [5, 5.41) is 11.0. The number of nitrogens with zero attached hydrogens (tertiary/aromatic N) is 2. The number of anilines is 1. The lowest BCUT2D eigenvalue weighted by Gasteiger charge is -2.36. The Labute approximate surface area is 154 Å². The van der Waals surface area contributed by atoms with E-state index in [0.29, 0.717) is 19.8 Å². The zero-order valence-corrected chi connectivity index (χ0v) is 15.1. The number of piperazine rings is 1. The van der Waals surface area contributed by atoms with Crippen molar-refractivity contribution in [1.82, 2.24) is 4.90 Å². The van der Waals surface area contributed by atoms with Crippen LogP contribution in [-0.4, -0.2) is 55.4 Å². The lowest BCUT2D eigenvalue weighted by Crippen LogP contribution is -2.49. The van der Waals surface area contributed by atoms with Gasteiger partial charge in [-0.3, -0.25) is 4.90 Å². The Morgan fingerprint density at radius 1 is 0.960 bits per heavy atom. The molecule has 1 N–H and O–H groups in total. The Balaban J connectivity index is 1.36. The van der Waals surface area contributed by atoms with Gasteiger partial charge in [-0.1, -0.05) is 41.9 Å². The monoisotopic (exact) mass is 360 g/mol. The lowest BCUT2D eigenvalue weighted by molar-refractivity contribution is 0.00914. The second-order valence-corrected chi connectivity index (χ2v) is 6.86. The molecule has 0 amide bonds. The summed E-state index contributed by atoms with van der Waals surface area (Å²) in [5.41, 5.74) is 2.34. The van der Waals surface area contributed by atoms with Crippen LogP contribution in [0.5, 0.6) is 0 Å². The van der Waals surface area contributed by atoms with Crippen molar-refractivity contribution in [2.24, 2.45) is 0 Å². The van der Waals surface area contributed by atoms with Crippen molar-refractivity contribution < 1.29 is 9.84 Å². The summed E-state index contributed by atoms with van der Waals surface area (Å²) in [4.78, 5) is 4.65. The number of hydrogen-bond donors (Lipinski definition) is 1. The first kappa shape index (κ1) is 18.2. The highest BCUT2D eigenvalue weighted by molar-refractivity contribution is 6.30. The molecule has 1 fully saturated rings. The highest BCUT2D eigenvalue weighted by atomic mass is 35.5. The average molecular weight is 361 g/mol. The fraction of sp³-hybridized carbons (Fsp3) is 0.400. The first-order valence-electron chi connectivity index (χ1n) is 8.73. The van der Waals surface area contributed by atoms with Gasteiger partial charge in [0.1, 0.15) is 0 Å². The Hall–Kier alpha value is -1.59. The molecule has 0 aromatic heterocycles. The quantitative estimate of drug-likeness (QED) is 0.823. The van der Waals surface area contributed by atoms with E-state index in [2.05, 4.69) is 21.9 Å². The molecular formula is C20H25ClN2O2. The predicted octanol–water partition coefficient (Wildman–Crippen LogP) is 3.04. The molecule has 0 radical (unpaired) electrons. The third-order valence-electron chi connectivity index (χ3n) is 4.45. The summed E-state index contributed by atoms with van der Waals surface area (Å²) in [7, 11) is 0. The Bertz CT molecular complexity index is 628. The fourth-order valence-electron chi connectivity index (χ4n) is 3.08. The number of hydrogen-bond acceptors (Lipinski definition) is 4. The Morgan fingerprint density at radius 2 is 1.64 bits per heavy atom. The van der Waals surface area contributed by atoms with E-state index < -0.39 is 6.10 Å². The number of aliphatic hydroxyl groups is 1. The molecule has 0 bridgehead atoms. The first-order valence-corrected chi connectivity index (χ1v) is 9.11. The van der Waals surface area contributed by atoms with Crippen LogP contribution in [0, 0.1) is 0 Å². The maximum Gasteiger partial charge on any atom is 0.0900 e. The molecule has 5 heteroatoms. The van der Waals surface area contributed by atoms with Crippen LogP contribution in [0.1, 0.15) is 5.56 Å². The molecule has 1 saturated heterocycles. The van der Waals surface area contributed by atoms with E-state index in [1.807, 2.05) is 42.5 Å². The maximum atomic E-state index is 10.2. The van der Waals surface area contributed by atoms with Crippen LogP contribution < -0.4 is 4.90 Å². The standard InChI is InChI=1S/C20H25ClN2O2/c21-18-6-8-19(9-7-18)23-12-10-22(11-13-23)14-20(24)16-25-15-17-4-2-1-3-5-17/h1-9,20,24H,10-16H2. The summed E-state index contributed by atoms with van der Waals surface area (Å²) >= 11 is 5.95. The summed E-state index contributed by atoms with van der Waals surface area (Å²) in [6.45, 7) is 5.37. The topological polar surface area (TPSA) is 35.9 Å². The number of β-amino-alcohol motifs (C(OH)–C–C–N with tert-alkyl or cyclic N) is 1. The predicted molar refractivity (Wildman–Crippen MR) is 102 cm³/mol. The summed E-state index contributed by atoms with van der Waals surface area (Å²) in [6.07, 6.45) is -0.453. The second kappa shape index (κ2) is 9.20. The molecule has 134 valence electrons. The van der Waals surface area contributed by atoms with Gasteiger partial charge in [0.25, 0.3) is 0 Å². The number of ether oxygens (including phenoxy) is 1. The van der Waals surface area contributed by atoms with Crippen molar-refractivity contribution in [3.8, 4) is 0 Å². The molecule has 1 heterocycles. The Kier molecular flexibility index (Phi) is 6.70. The van der Waals surface area contributed by atoms with Crippen LogP contribution in [0.3, 0.4) is 0 Å². The van der Waals surface area contributed by atoms with Crippen LogP contribution >= 0.6 is 11.6 Å². The minimum Gasteiger partial charge on any atom is -0.389 e. The third kappa shape index (κ3) is 5.72. The molecule has 25 heavy (non-hydrogen) atoms. The molecule has 0 spiro atoms. The van der Waals surface area contributed by atoms with Gasteiger partial charge in [-0.15, -0.1) is 0 Å². The van der Waals surface area contributed by atoms with Gasteiger partial charge in [0.2, 0.25) is 0 Å². The van der Waals surface area contributed by atoms with Crippen molar-refractivity contribution in [1.29, 1.82) is 0 Å². The number of benzene rings is 2. The number of halogens is 1. The highest BCUT2D eigenvalue weighted by Gasteiger charge is 2.19. The minimum absolute atomic E-state index is 0.367. The summed E-state index contributed by atoms with van der Waals surface area (Å²) in [6, 6.07) is 18.0.